The van der Waals surface area contributed by atoms with Crippen molar-refractivity contribution in [2.75, 3.05) is 36.9 Å². The van der Waals surface area contributed by atoms with E-state index >= 15 is 0 Å². The van der Waals surface area contributed by atoms with E-state index in [2.05, 4.69) is 25.7 Å². The Morgan fingerprint density at radius 2 is 2.12 bits per heavy atom. The van der Waals surface area contributed by atoms with Gasteiger partial charge in [-0.1, -0.05) is 0 Å². The van der Waals surface area contributed by atoms with Crippen molar-refractivity contribution in [3.8, 4) is 0 Å². The van der Waals surface area contributed by atoms with Gasteiger partial charge in [-0.3, -0.25) is 9.48 Å². The van der Waals surface area contributed by atoms with E-state index in [1.807, 2.05) is 0 Å². The second-order valence-corrected chi connectivity index (χ2v) is 7.28. The minimum Gasteiger partial charge on any atom is -0.378 e. The number of anilines is 3. The minimum absolute atomic E-state index is 0. The molecule has 3 N–H and O–H groups in total. The Hall–Kier alpha value is -3.86. The van der Waals surface area contributed by atoms with Crippen LogP contribution in [-0.4, -0.2) is 63.1 Å². The number of rotatable bonds is 7. The van der Waals surface area contributed by atoms with Gasteiger partial charge in [-0.25, -0.2) is 9.37 Å². The molecule has 10 nitrogen and oxygen atoms in total. The van der Waals surface area contributed by atoms with E-state index in [0.29, 0.717) is 49.2 Å². The monoisotopic (exact) mass is 440 g/mol. The maximum atomic E-state index is 14.2. The first-order valence-corrected chi connectivity index (χ1v) is 10.1. The lowest BCUT2D eigenvalue weighted by atomic mass is 10.1. The van der Waals surface area contributed by atoms with Crippen LogP contribution in [0.4, 0.5) is 21.8 Å². The van der Waals surface area contributed by atoms with Gasteiger partial charge in [0, 0.05) is 52.3 Å². The van der Waals surface area contributed by atoms with Crippen LogP contribution in [0.5, 0.6) is 0 Å². The third kappa shape index (κ3) is 5.06. The summed E-state index contributed by atoms with van der Waals surface area (Å²) in [7, 11) is 1.80. The van der Waals surface area contributed by atoms with Crippen molar-refractivity contribution in [1.29, 1.82) is 5.41 Å². The number of hydrogen-bond donors (Lipinski definition) is 3. The average molecular weight is 440 g/mol. The molecule has 0 radical (unpaired) electrons. The first kappa shape index (κ1) is 21.4. The van der Waals surface area contributed by atoms with Crippen molar-refractivity contribution < 1.29 is 15.3 Å². The maximum Gasteiger partial charge on any atom is 0.254 e. The summed E-state index contributed by atoms with van der Waals surface area (Å²) in [6, 6.07) is 4.27. The number of aryl methyl sites for hydroxylation is 1. The number of hydrogen-bond acceptors (Lipinski definition) is 8. The molecule has 1 fully saturated rings. The third-order valence-corrected chi connectivity index (χ3v) is 4.90. The molecule has 0 bridgehead atoms. The van der Waals surface area contributed by atoms with Crippen molar-refractivity contribution in [2.24, 2.45) is 7.05 Å². The van der Waals surface area contributed by atoms with E-state index < -0.39 is 5.82 Å². The van der Waals surface area contributed by atoms with Crippen molar-refractivity contribution in [3.05, 3.63) is 59.3 Å². The molecule has 0 aliphatic carbocycles. The molecule has 32 heavy (non-hydrogen) atoms. The largest absolute Gasteiger partial charge is 0.378 e. The summed E-state index contributed by atoms with van der Waals surface area (Å²) >= 11 is 0. The fourth-order valence-corrected chi connectivity index (χ4v) is 3.32. The zero-order chi connectivity index (χ0) is 22.5. The second kappa shape index (κ2) is 9.52. The Kier molecular flexibility index (Phi) is 6.36. The van der Waals surface area contributed by atoms with Gasteiger partial charge in [0.2, 0.25) is 5.95 Å². The molecule has 2 aromatic heterocycles. The first-order valence-electron chi connectivity index (χ1n) is 10.1. The summed E-state index contributed by atoms with van der Waals surface area (Å²) in [5.41, 5.74) is 2.07. The summed E-state index contributed by atoms with van der Waals surface area (Å²) in [6.45, 7) is 2.14. The Morgan fingerprint density at radius 1 is 1.31 bits per heavy atom. The van der Waals surface area contributed by atoms with Crippen LogP contribution < -0.4 is 10.6 Å². The summed E-state index contributed by atoms with van der Waals surface area (Å²) < 4.78 is 21.2. The first-order chi connectivity index (χ1) is 15.5. The molecule has 0 spiro atoms. The fourth-order valence-electron chi connectivity index (χ4n) is 3.32. The van der Waals surface area contributed by atoms with Crippen LogP contribution in [0.15, 0.2) is 36.8 Å². The van der Waals surface area contributed by atoms with E-state index in [4.69, 9.17) is 10.1 Å². The Labute approximate surface area is 185 Å². The molecule has 1 aromatic carbocycles. The lowest BCUT2D eigenvalue weighted by Crippen LogP contribution is -2.40. The van der Waals surface area contributed by atoms with Crippen molar-refractivity contribution in [2.45, 2.75) is 6.54 Å². The predicted octanol–water partition coefficient (Wildman–Crippen LogP) is 2.42. The number of benzene rings is 1. The summed E-state index contributed by atoms with van der Waals surface area (Å²) in [5, 5.41) is 17.8. The zero-order valence-corrected chi connectivity index (χ0v) is 17.5. The Bertz CT molecular complexity index is 1130. The summed E-state index contributed by atoms with van der Waals surface area (Å²) in [6.07, 6.45) is 6.07. The number of aromatic nitrogens is 4. The molecular weight excluding hydrogens is 415 g/mol. The minimum atomic E-state index is -0.491. The Morgan fingerprint density at radius 3 is 2.84 bits per heavy atom. The molecule has 11 heteroatoms. The van der Waals surface area contributed by atoms with Crippen LogP contribution in [0.2, 0.25) is 0 Å². The number of nitrogens with zero attached hydrogens (tertiary/aromatic N) is 5. The van der Waals surface area contributed by atoms with E-state index in [0.717, 1.165) is 11.9 Å². The van der Waals surface area contributed by atoms with Crippen LogP contribution in [-0.2, 0) is 18.3 Å². The highest BCUT2D eigenvalue weighted by Gasteiger charge is 2.19. The molecule has 1 saturated heterocycles. The highest BCUT2D eigenvalue weighted by molar-refractivity contribution is 5.94. The molecular formula is C21H25FN8O2. The van der Waals surface area contributed by atoms with Crippen LogP contribution in [0.25, 0.3) is 0 Å². The van der Waals surface area contributed by atoms with Crippen molar-refractivity contribution in [3.63, 3.8) is 0 Å². The summed E-state index contributed by atoms with van der Waals surface area (Å²) in [4.78, 5) is 23.0. The van der Waals surface area contributed by atoms with Gasteiger partial charge in [-0.05, 0) is 23.8 Å². The Balaban J connectivity index is 0.00000306. The number of halogens is 1. The lowest BCUT2D eigenvalue weighted by Gasteiger charge is -2.27. The molecule has 4 rings (SSSR count). The molecule has 1 amide bonds. The van der Waals surface area contributed by atoms with E-state index in [1.165, 1.54) is 18.3 Å². The number of amides is 1. The molecule has 0 atom stereocenters. The second-order valence-electron chi connectivity index (χ2n) is 7.28. The van der Waals surface area contributed by atoms with E-state index in [9.17, 15) is 9.18 Å². The number of ether oxygens (including phenoxy) is 1. The van der Waals surface area contributed by atoms with Gasteiger partial charge in [0.15, 0.2) is 0 Å². The van der Waals surface area contributed by atoms with Gasteiger partial charge < -0.3 is 25.7 Å². The van der Waals surface area contributed by atoms with E-state index in [-0.39, 0.29) is 19.4 Å². The van der Waals surface area contributed by atoms with Crippen molar-refractivity contribution in [1.82, 2.24) is 24.6 Å². The molecule has 1 aliphatic heterocycles. The van der Waals surface area contributed by atoms with Gasteiger partial charge in [0.1, 0.15) is 11.6 Å². The highest BCUT2D eigenvalue weighted by Crippen LogP contribution is 2.18. The lowest BCUT2D eigenvalue weighted by molar-refractivity contribution is 0.0302. The van der Waals surface area contributed by atoms with Crippen LogP contribution in [0.3, 0.4) is 0 Å². The van der Waals surface area contributed by atoms with Crippen LogP contribution >= 0.6 is 0 Å². The number of morpholine rings is 1. The smallest absolute Gasteiger partial charge is 0.254 e. The molecule has 3 aromatic rings. The number of nitrogens with one attached hydrogen (secondary N) is 3. The van der Waals surface area contributed by atoms with Crippen molar-refractivity contribution >= 4 is 29.6 Å². The zero-order valence-electron chi connectivity index (χ0n) is 17.5. The van der Waals surface area contributed by atoms with Gasteiger partial charge in [-0.15, -0.1) is 0 Å². The quantitative estimate of drug-likeness (QED) is 0.483. The van der Waals surface area contributed by atoms with Gasteiger partial charge in [0.25, 0.3) is 5.91 Å². The average Bonchev–Trinajstić information content (AvgIpc) is 3.22. The topological polar surface area (TPSA) is 121 Å². The van der Waals surface area contributed by atoms with Gasteiger partial charge in [-0.2, -0.15) is 10.1 Å². The summed E-state index contributed by atoms with van der Waals surface area (Å²) in [5.74, 6) is 0.0225. The molecule has 3 heterocycles. The van der Waals surface area contributed by atoms with E-state index in [1.54, 1.807) is 35.1 Å². The standard InChI is InChI=1S/C21H23FN8O2.H2/c1-29-13-18(12-26-29)27-21-25-11-16(9-23)19(28-21)24-10-14-6-15(8-17(22)7-14)20(31)30-2-4-32-5-3-30;/h6-9,11-13,23H,2-5,10H2,1H3,(H2,24,25,27,28);1H. The van der Waals surface area contributed by atoms with Crippen LogP contribution in [0, 0.1) is 11.2 Å². The molecule has 168 valence electrons. The third-order valence-electron chi connectivity index (χ3n) is 4.90. The maximum absolute atomic E-state index is 14.2. The van der Waals surface area contributed by atoms with Crippen LogP contribution in [0.1, 0.15) is 22.9 Å². The molecule has 1 aliphatic rings. The molecule has 0 saturated carbocycles. The molecule has 0 unspecified atom stereocenters. The normalized spacial score (nSPS) is 13.6. The number of carbonyl (C=O) groups is 1. The highest BCUT2D eigenvalue weighted by atomic mass is 19.1. The SMILES string of the molecule is Cn1cc(Nc2ncc(C=N)c(NCc3cc(F)cc(C(=O)N4CCOCC4)c3)n2)cn1.[HH]. The predicted molar refractivity (Wildman–Crippen MR) is 119 cm³/mol. The number of carbonyl (C=O) groups excluding carboxylic acids is 1. The fraction of sp³-hybridized carbons (Fsp3) is 0.286. The van der Waals surface area contributed by atoms with Gasteiger partial charge in [0.05, 0.1) is 30.7 Å². The van der Waals surface area contributed by atoms with Gasteiger partial charge >= 0.3 is 0 Å².